The summed E-state index contributed by atoms with van der Waals surface area (Å²) < 4.78 is 1.43. The van der Waals surface area contributed by atoms with E-state index in [0.717, 1.165) is 12.2 Å². The highest BCUT2D eigenvalue weighted by atomic mass is 32.2. The van der Waals surface area contributed by atoms with Crippen LogP contribution >= 0.6 is 34.4 Å². The molecule has 0 saturated heterocycles. The number of hydrogen-bond donors (Lipinski definition) is 0. The monoisotopic (exact) mass is 254 g/mol. The molecule has 2 rings (SSSR count). The summed E-state index contributed by atoms with van der Waals surface area (Å²) in [5.74, 6) is 1.12. The standard InChI is InChI=1S/C12H14S3/c1-3-10-5-6-11(15-10)8-13-12-7-4-9(2)14-12/h4-7H,3,8H2,1-2H3. The van der Waals surface area contributed by atoms with Crippen molar-refractivity contribution in [3.8, 4) is 0 Å². The highest BCUT2D eigenvalue weighted by molar-refractivity contribution is 8.00. The Morgan fingerprint density at radius 3 is 2.47 bits per heavy atom. The van der Waals surface area contributed by atoms with Crippen LogP contribution < -0.4 is 0 Å². The number of hydrogen-bond acceptors (Lipinski definition) is 3. The topological polar surface area (TPSA) is 0 Å². The van der Waals surface area contributed by atoms with Crippen molar-refractivity contribution in [2.75, 3.05) is 0 Å². The predicted molar refractivity (Wildman–Crippen MR) is 72.3 cm³/mol. The number of aryl methyl sites for hydroxylation is 2. The average Bonchev–Trinajstić information content (AvgIpc) is 2.83. The number of thiophene rings is 2. The highest BCUT2D eigenvalue weighted by Gasteiger charge is 2.01. The van der Waals surface area contributed by atoms with Gasteiger partial charge in [0.25, 0.3) is 0 Å². The molecule has 0 aliphatic carbocycles. The van der Waals surface area contributed by atoms with Gasteiger partial charge in [-0.15, -0.1) is 34.4 Å². The Labute approximate surface area is 103 Å². The molecule has 0 N–H and O–H groups in total. The van der Waals surface area contributed by atoms with E-state index in [1.165, 1.54) is 18.8 Å². The first-order valence-electron chi connectivity index (χ1n) is 5.04. The molecule has 2 aromatic heterocycles. The van der Waals surface area contributed by atoms with Gasteiger partial charge in [-0.2, -0.15) is 0 Å². The molecule has 0 aliphatic heterocycles. The molecular formula is C12H14S3. The minimum Gasteiger partial charge on any atom is -0.145 e. The molecule has 2 heterocycles. The van der Waals surface area contributed by atoms with Crippen LogP contribution in [0.5, 0.6) is 0 Å². The van der Waals surface area contributed by atoms with E-state index >= 15 is 0 Å². The van der Waals surface area contributed by atoms with Gasteiger partial charge < -0.3 is 0 Å². The van der Waals surface area contributed by atoms with Crippen LogP contribution in [0.3, 0.4) is 0 Å². The molecule has 0 bridgehead atoms. The number of thioether (sulfide) groups is 1. The summed E-state index contributed by atoms with van der Waals surface area (Å²) in [7, 11) is 0. The molecule has 0 aromatic carbocycles. The molecule has 2 aromatic rings. The lowest BCUT2D eigenvalue weighted by Gasteiger charge is -1.94. The Hall–Kier alpha value is -0.250. The average molecular weight is 254 g/mol. The van der Waals surface area contributed by atoms with Crippen LogP contribution in [-0.2, 0) is 12.2 Å². The molecule has 0 unspecified atom stereocenters. The van der Waals surface area contributed by atoms with Crippen molar-refractivity contribution in [3.05, 3.63) is 38.9 Å². The maximum absolute atomic E-state index is 2.26. The second-order valence-electron chi connectivity index (χ2n) is 3.38. The molecule has 3 heteroatoms. The summed E-state index contributed by atoms with van der Waals surface area (Å²) in [6, 6.07) is 8.93. The molecule has 0 aliphatic rings. The van der Waals surface area contributed by atoms with E-state index in [2.05, 4.69) is 38.1 Å². The number of rotatable bonds is 4. The Kier molecular flexibility index (Phi) is 3.89. The van der Waals surface area contributed by atoms with Crippen LogP contribution in [-0.4, -0.2) is 0 Å². The van der Waals surface area contributed by atoms with E-state index in [4.69, 9.17) is 0 Å². The third kappa shape index (κ3) is 3.10. The van der Waals surface area contributed by atoms with Crippen molar-refractivity contribution >= 4 is 34.4 Å². The van der Waals surface area contributed by atoms with Gasteiger partial charge in [0.05, 0.1) is 4.21 Å². The first kappa shape index (κ1) is 11.2. The predicted octanol–water partition coefficient (Wildman–Crippen LogP) is 4.97. The van der Waals surface area contributed by atoms with Gasteiger partial charge in [-0.25, -0.2) is 0 Å². The Morgan fingerprint density at radius 2 is 1.87 bits per heavy atom. The summed E-state index contributed by atoms with van der Waals surface area (Å²) in [6.45, 7) is 4.38. The van der Waals surface area contributed by atoms with Crippen molar-refractivity contribution in [2.24, 2.45) is 0 Å². The lowest BCUT2D eigenvalue weighted by atomic mass is 10.4. The minimum atomic E-state index is 1.12. The molecule has 0 atom stereocenters. The van der Waals surface area contributed by atoms with Crippen LogP contribution in [0.25, 0.3) is 0 Å². The van der Waals surface area contributed by atoms with Crippen LogP contribution in [0.2, 0.25) is 0 Å². The second-order valence-corrected chi connectivity index (χ2v) is 7.19. The fourth-order valence-electron chi connectivity index (χ4n) is 1.32. The van der Waals surface area contributed by atoms with E-state index in [0.29, 0.717) is 0 Å². The molecule has 0 nitrogen and oxygen atoms in total. The van der Waals surface area contributed by atoms with Gasteiger partial charge in [-0.05, 0) is 37.6 Å². The fourth-order valence-corrected chi connectivity index (χ4v) is 4.43. The molecule has 80 valence electrons. The van der Waals surface area contributed by atoms with Gasteiger partial charge in [-0.1, -0.05) is 6.92 Å². The summed E-state index contributed by atoms with van der Waals surface area (Å²) >= 11 is 5.78. The van der Waals surface area contributed by atoms with E-state index in [-0.39, 0.29) is 0 Å². The van der Waals surface area contributed by atoms with Crippen molar-refractivity contribution < 1.29 is 0 Å². The molecule has 15 heavy (non-hydrogen) atoms. The Balaban J connectivity index is 1.93. The third-order valence-corrected chi connectivity index (χ3v) is 5.83. The van der Waals surface area contributed by atoms with Crippen molar-refractivity contribution in [2.45, 2.75) is 30.2 Å². The van der Waals surface area contributed by atoms with Crippen LogP contribution in [0, 0.1) is 6.92 Å². The maximum Gasteiger partial charge on any atom is 0.0604 e. The lowest BCUT2D eigenvalue weighted by Crippen LogP contribution is -1.69. The van der Waals surface area contributed by atoms with Gasteiger partial charge in [0, 0.05) is 20.4 Å². The zero-order valence-corrected chi connectivity index (χ0v) is 11.4. The van der Waals surface area contributed by atoms with Crippen molar-refractivity contribution in [1.82, 2.24) is 0 Å². The minimum absolute atomic E-state index is 1.12. The van der Waals surface area contributed by atoms with Crippen molar-refractivity contribution in [3.63, 3.8) is 0 Å². The second kappa shape index (κ2) is 5.19. The zero-order chi connectivity index (χ0) is 10.7. The maximum atomic E-state index is 2.26. The van der Waals surface area contributed by atoms with Crippen LogP contribution in [0.15, 0.2) is 28.5 Å². The van der Waals surface area contributed by atoms with Gasteiger partial charge in [0.2, 0.25) is 0 Å². The lowest BCUT2D eigenvalue weighted by molar-refractivity contribution is 1.19. The van der Waals surface area contributed by atoms with Crippen LogP contribution in [0.4, 0.5) is 0 Å². The normalized spacial score (nSPS) is 10.8. The highest BCUT2D eigenvalue weighted by Crippen LogP contribution is 2.31. The summed E-state index contributed by atoms with van der Waals surface area (Å²) in [4.78, 5) is 4.38. The summed E-state index contributed by atoms with van der Waals surface area (Å²) in [5, 5.41) is 0. The summed E-state index contributed by atoms with van der Waals surface area (Å²) in [6.07, 6.45) is 1.16. The van der Waals surface area contributed by atoms with Gasteiger partial charge in [-0.3, -0.25) is 0 Å². The van der Waals surface area contributed by atoms with E-state index < -0.39 is 0 Å². The quantitative estimate of drug-likeness (QED) is 0.694. The zero-order valence-electron chi connectivity index (χ0n) is 8.95. The van der Waals surface area contributed by atoms with E-state index in [1.807, 2.05) is 34.4 Å². The first-order chi connectivity index (χ1) is 7.28. The molecule has 0 amide bonds. The van der Waals surface area contributed by atoms with Gasteiger partial charge in [0.1, 0.15) is 0 Å². The van der Waals surface area contributed by atoms with Crippen LogP contribution in [0.1, 0.15) is 21.6 Å². The van der Waals surface area contributed by atoms with E-state index in [9.17, 15) is 0 Å². The Morgan fingerprint density at radius 1 is 1.07 bits per heavy atom. The van der Waals surface area contributed by atoms with Gasteiger partial charge in [0.15, 0.2) is 0 Å². The summed E-state index contributed by atoms with van der Waals surface area (Å²) in [5.41, 5.74) is 0. The third-order valence-electron chi connectivity index (χ3n) is 2.14. The van der Waals surface area contributed by atoms with Crippen molar-refractivity contribution in [1.29, 1.82) is 0 Å². The SMILES string of the molecule is CCc1ccc(CSc2ccc(C)s2)s1. The Bertz CT molecular complexity index is 426. The van der Waals surface area contributed by atoms with E-state index in [1.54, 1.807) is 0 Å². The molecular weight excluding hydrogens is 240 g/mol. The molecule has 0 fully saturated rings. The fraction of sp³-hybridized carbons (Fsp3) is 0.333. The smallest absolute Gasteiger partial charge is 0.0604 e. The molecule has 0 spiro atoms. The molecule has 0 radical (unpaired) electrons. The largest absolute Gasteiger partial charge is 0.145 e. The van der Waals surface area contributed by atoms with Gasteiger partial charge >= 0.3 is 0 Å². The molecule has 0 saturated carbocycles. The first-order valence-corrected chi connectivity index (χ1v) is 7.66.